The maximum atomic E-state index is 12.9. The molecule has 2 unspecified atom stereocenters. The molecule has 5 rings (SSSR count). The molecule has 1 saturated carbocycles. The Kier molecular flexibility index (Phi) is 6.75. The molecule has 0 radical (unpaired) electrons. The summed E-state index contributed by atoms with van der Waals surface area (Å²) in [5.41, 5.74) is 4.73. The summed E-state index contributed by atoms with van der Waals surface area (Å²) in [6.07, 6.45) is 4.12. The lowest BCUT2D eigenvalue weighted by Crippen LogP contribution is -2.42. The van der Waals surface area contributed by atoms with Crippen LogP contribution in [0.5, 0.6) is 0 Å². The number of carboxylic acids is 1. The number of benzene rings is 2. The smallest absolute Gasteiger partial charge is 0.407 e. The molecule has 3 atom stereocenters. The van der Waals surface area contributed by atoms with Crippen LogP contribution < -0.4 is 5.32 Å². The van der Waals surface area contributed by atoms with Crippen molar-refractivity contribution in [2.45, 2.75) is 62.9 Å². The molecule has 2 amide bonds. The lowest BCUT2D eigenvalue weighted by atomic mass is 9.98. The lowest BCUT2D eigenvalue weighted by Gasteiger charge is -2.27. The number of ether oxygens (including phenoxy) is 1. The third kappa shape index (κ3) is 4.90. The second-order valence-corrected chi connectivity index (χ2v) is 9.95. The molecule has 184 valence electrons. The quantitative estimate of drug-likeness (QED) is 0.611. The van der Waals surface area contributed by atoms with Crippen LogP contribution in [0.1, 0.15) is 62.0 Å². The molecule has 2 aromatic carbocycles. The molecule has 7 nitrogen and oxygen atoms in total. The van der Waals surface area contributed by atoms with Gasteiger partial charge in [0.25, 0.3) is 0 Å². The zero-order valence-corrected chi connectivity index (χ0v) is 19.8. The number of rotatable bonds is 7. The number of nitrogens with zero attached hydrogens (tertiary/aromatic N) is 1. The topological polar surface area (TPSA) is 95.9 Å². The van der Waals surface area contributed by atoms with Crippen LogP contribution in [-0.2, 0) is 14.3 Å². The van der Waals surface area contributed by atoms with Gasteiger partial charge in [-0.3, -0.25) is 9.59 Å². The van der Waals surface area contributed by atoms with Crippen molar-refractivity contribution in [1.82, 2.24) is 10.2 Å². The predicted molar refractivity (Wildman–Crippen MR) is 131 cm³/mol. The number of carbonyl (C=O) groups is 3. The summed E-state index contributed by atoms with van der Waals surface area (Å²) in [6, 6.07) is 16.2. The third-order valence-corrected chi connectivity index (χ3v) is 7.85. The second-order valence-electron chi connectivity index (χ2n) is 9.95. The van der Waals surface area contributed by atoms with E-state index >= 15 is 0 Å². The van der Waals surface area contributed by atoms with Gasteiger partial charge in [-0.15, -0.1) is 0 Å². The molecule has 2 fully saturated rings. The van der Waals surface area contributed by atoms with Crippen molar-refractivity contribution in [3.05, 3.63) is 59.7 Å². The average Bonchev–Trinajstić information content (AvgIpc) is 3.56. The summed E-state index contributed by atoms with van der Waals surface area (Å²) in [4.78, 5) is 38.6. The van der Waals surface area contributed by atoms with Gasteiger partial charge in [0, 0.05) is 31.0 Å². The first-order chi connectivity index (χ1) is 17.0. The van der Waals surface area contributed by atoms with Gasteiger partial charge in [-0.25, -0.2) is 4.79 Å². The minimum absolute atomic E-state index is 0.0000120. The van der Waals surface area contributed by atoms with E-state index in [2.05, 4.69) is 29.6 Å². The minimum atomic E-state index is -0.870. The Labute approximate surface area is 205 Å². The minimum Gasteiger partial charge on any atom is -0.481 e. The number of amides is 2. The van der Waals surface area contributed by atoms with Crippen LogP contribution >= 0.6 is 0 Å². The van der Waals surface area contributed by atoms with E-state index < -0.39 is 12.1 Å². The van der Waals surface area contributed by atoms with Crippen molar-refractivity contribution < 1.29 is 24.2 Å². The number of carbonyl (C=O) groups excluding carboxylic acids is 2. The fraction of sp³-hybridized carbons (Fsp3) is 0.464. The molecule has 35 heavy (non-hydrogen) atoms. The summed E-state index contributed by atoms with van der Waals surface area (Å²) in [5, 5.41) is 12.2. The highest BCUT2D eigenvalue weighted by molar-refractivity contribution is 5.80. The highest BCUT2D eigenvalue weighted by Crippen LogP contribution is 2.44. The molecule has 2 aliphatic carbocycles. The predicted octanol–water partition coefficient (Wildman–Crippen LogP) is 4.55. The molecular formula is C28H32N2O5. The van der Waals surface area contributed by atoms with E-state index in [1.807, 2.05) is 24.3 Å². The largest absolute Gasteiger partial charge is 0.481 e. The van der Waals surface area contributed by atoms with Gasteiger partial charge in [0.2, 0.25) is 5.91 Å². The molecule has 0 bridgehead atoms. The lowest BCUT2D eigenvalue weighted by molar-refractivity contribution is -0.140. The number of likely N-dealkylation sites (tertiary alicyclic amines) is 1. The van der Waals surface area contributed by atoms with Crippen LogP contribution in [0.3, 0.4) is 0 Å². The summed E-state index contributed by atoms with van der Waals surface area (Å²) < 4.78 is 5.70. The molecule has 1 aliphatic heterocycles. The van der Waals surface area contributed by atoms with Gasteiger partial charge in [-0.2, -0.15) is 0 Å². The van der Waals surface area contributed by atoms with E-state index in [4.69, 9.17) is 9.84 Å². The Hall–Kier alpha value is -3.35. The third-order valence-electron chi connectivity index (χ3n) is 7.85. The van der Waals surface area contributed by atoms with Gasteiger partial charge in [0.15, 0.2) is 0 Å². The van der Waals surface area contributed by atoms with Crippen molar-refractivity contribution in [2.24, 2.45) is 5.92 Å². The average molecular weight is 477 g/mol. The zero-order chi connectivity index (χ0) is 24.4. The summed E-state index contributed by atoms with van der Waals surface area (Å²) >= 11 is 0. The maximum absolute atomic E-state index is 12.9. The van der Waals surface area contributed by atoms with Crippen molar-refractivity contribution in [1.29, 1.82) is 0 Å². The number of aliphatic carboxylic acids is 1. The maximum Gasteiger partial charge on any atom is 0.407 e. The van der Waals surface area contributed by atoms with Crippen LogP contribution in [0.25, 0.3) is 11.1 Å². The Balaban J connectivity index is 1.17. The highest BCUT2D eigenvalue weighted by Gasteiger charge is 2.36. The van der Waals surface area contributed by atoms with Gasteiger partial charge in [0.1, 0.15) is 6.61 Å². The number of alkyl carbamates (subject to hydrolysis) is 1. The van der Waals surface area contributed by atoms with Crippen LogP contribution in [-0.4, -0.2) is 53.2 Å². The molecule has 0 spiro atoms. The van der Waals surface area contributed by atoms with Crippen molar-refractivity contribution in [3.8, 4) is 11.1 Å². The molecule has 3 aliphatic rings. The van der Waals surface area contributed by atoms with Crippen LogP contribution in [0.15, 0.2) is 48.5 Å². The number of carboxylic acid groups (broad SMARTS) is 1. The summed E-state index contributed by atoms with van der Waals surface area (Å²) in [5.74, 6) is -0.810. The monoisotopic (exact) mass is 476 g/mol. The van der Waals surface area contributed by atoms with Gasteiger partial charge in [-0.05, 0) is 53.9 Å². The highest BCUT2D eigenvalue weighted by atomic mass is 16.5. The number of fused-ring (bicyclic) bond motifs is 3. The van der Waals surface area contributed by atoms with Gasteiger partial charge < -0.3 is 20.1 Å². The van der Waals surface area contributed by atoms with Crippen LogP contribution in [0, 0.1) is 5.92 Å². The number of hydrogen-bond donors (Lipinski definition) is 2. The molecule has 1 saturated heterocycles. The van der Waals surface area contributed by atoms with E-state index in [0.29, 0.717) is 13.0 Å². The molecular weight excluding hydrogens is 444 g/mol. The first-order valence-corrected chi connectivity index (χ1v) is 12.6. The van der Waals surface area contributed by atoms with Crippen molar-refractivity contribution in [2.75, 3.05) is 13.2 Å². The molecule has 2 aromatic rings. The number of hydrogen-bond acceptors (Lipinski definition) is 4. The Morgan fingerprint density at radius 3 is 2.29 bits per heavy atom. The van der Waals surface area contributed by atoms with E-state index in [-0.39, 0.29) is 42.9 Å². The molecule has 7 heteroatoms. The fourth-order valence-electron chi connectivity index (χ4n) is 6.18. The first-order valence-electron chi connectivity index (χ1n) is 12.6. The van der Waals surface area contributed by atoms with Gasteiger partial charge in [-0.1, -0.05) is 55.0 Å². The summed E-state index contributed by atoms with van der Waals surface area (Å²) in [6.45, 7) is 0.884. The normalized spacial score (nSPS) is 23.1. The molecule has 1 heterocycles. The van der Waals surface area contributed by atoms with Crippen LogP contribution in [0.2, 0.25) is 0 Å². The van der Waals surface area contributed by atoms with Gasteiger partial charge in [0.05, 0.1) is 6.42 Å². The Bertz CT molecular complexity index is 1070. The Morgan fingerprint density at radius 1 is 0.914 bits per heavy atom. The van der Waals surface area contributed by atoms with E-state index in [0.717, 1.165) is 32.1 Å². The SMILES string of the molecule is O=C(O)C[C@H]1CCCN1C(=O)CC1CCCC1NC(=O)OCC1c2ccccc2-c2ccccc21. The van der Waals surface area contributed by atoms with Crippen molar-refractivity contribution in [3.63, 3.8) is 0 Å². The fourth-order valence-corrected chi connectivity index (χ4v) is 6.18. The second kappa shape index (κ2) is 10.1. The zero-order valence-electron chi connectivity index (χ0n) is 19.8. The molecule has 0 aromatic heterocycles. The first kappa shape index (κ1) is 23.4. The Morgan fingerprint density at radius 2 is 1.60 bits per heavy atom. The van der Waals surface area contributed by atoms with E-state index in [9.17, 15) is 14.4 Å². The van der Waals surface area contributed by atoms with Gasteiger partial charge >= 0.3 is 12.1 Å². The molecule has 2 N–H and O–H groups in total. The van der Waals surface area contributed by atoms with Crippen molar-refractivity contribution >= 4 is 18.0 Å². The standard InChI is InChI=1S/C28H32N2O5/c31-26(30-14-6-8-19(30)16-27(32)33)15-18-7-5-13-25(18)29-28(34)35-17-24-22-11-3-1-9-20(22)21-10-2-4-12-23(21)24/h1-4,9-12,18-19,24-25H,5-8,13-17H2,(H,29,34)(H,32,33)/t18?,19-,25?/m1/s1. The van der Waals surface area contributed by atoms with Crippen LogP contribution in [0.4, 0.5) is 4.79 Å². The summed E-state index contributed by atoms with van der Waals surface area (Å²) in [7, 11) is 0. The van der Waals surface area contributed by atoms with E-state index in [1.54, 1.807) is 4.90 Å². The number of nitrogens with one attached hydrogen (secondary N) is 1. The van der Waals surface area contributed by atoms with E-state index in [1.165, 1.54) is 22.3 Å².